The summed E-state index contributed by atoms with van der Waals surface area (Å²) < 4.78 is 115. The fourth-order valence-electron chi connectivity index (χ4n) is 4.18. The fraction of sp³-hybridized carbons (Fsp3) is 0.640. The lowest BCUT2D eigenvalue weighted by Crippen LogP contribution is -2.45. The van der Waals surface area contributed by atoms with Gasteiger partial charge in [0.25, 0.3) is 5.92 Å². The van der Waals surface area contributed by atoms with E-state index in [9.17, 15) is 44.7 Å². The van der Waals surface area contributed by atoms with E-state index < -0.39 is 60.3 Å². The van der Waals surface area contributed by atoms with E-state index in [0.29, 0.717) is 12.5 Å². The molecule has 2 aromatic rings. The molecule has 2 fully saturated rings. The molecule has 2 saturated carbocycles. The number of rotatable bonds is 12. The van der Waals surface area contributed by atoms with E-state index in [1.807, 2.05) is 0 Å². The lowest BCUT2D eigenvalue weighted by atomic mass is 10.1. The maximum atomic E-state index is 13.3. The van der Waals surface area contributed by atoms with E-state index in [-0.39, 0.29) is 42.4 Å². The number of carbonyl (C=O) groups is 2. The Morgan fingerprint density at radius 3 is 2.34 bits per heavy atom. The Balaban J connectivity index is 1.58. The van der Waals surface area contributed by atoms with Crippen LogP contribution in [0, 0.1) is 5.92 Å². The van der Waals surface area contributed by atoms with Gasteiger partial charge in [-0.05, 0) is 44.4 Å². The summed E-state index contributed by atoms with van der Waals surface area (Å²) >= 11 is 0. The number of amides is 2. The van der Waals surface area contributed by atoms with E-state index in [1.165, 1.54) is 18.2 Å². The third kappa shape index (κ3) is 8.05. The Kier molecular flexibility index (Phi) is 8.56. The lowest BCUT2D eigenvalue weighted by Gasteiger charge is -2.27. The van der Waals surface area contributed by atoms with Crippen LogP contribution in [0.15, 0.2) is 18.2 Å². The van der Waals surface area contributed by atoms with Crippen LogP contribution < -0.4 is 10.6 Å². The molecule has 0 saturated heterocycles. The monoisotopic (exact) mass is 600 g/mol. The average molecular weight is 601 g/mol. The molecule has 228 valence electrons. The Morgan fingerprint density at radius 2 is 1.78 bits per heavy atom. The van der Waals surface area contributed by atoms with Crippen LogP contribution in [0.4, 0.5) is 35.1 Å². The second-order valence-electron chi connectivity index (χ2n) is 10.4. The average Bonchev–Trinajstić information content (AvgIpc) is 3.73. The number of ether oxygens (including phenoxy) is 2. The summed E-state index contributed by atoms with van der Waals surface area (Å²) in [7, 11) is 0. The van der Waals surface area contributed by atoms with Crippen molar-refractivity contribution in [1.29, 1.82) is 0 Å². The van der Waals surface area contributed by atoms with E-state index >= 15 is 0 Å². The Labute approximate surface area is 228 Å². The fourth-order valence-corrected chi connectivity index (χ4v) is 4.18. The predicted octanol–water partition coefficient (Wildman–Crippen LogP) is 5.02. The molecule has 1 aromatic carbocycles. The number of alkyl halides is 8. The molecule has 4 rings (SSSR count). The first-order valence-corrected chi connectivity index (χ1v) is 12.8. The number of hydrogen-bond donors (Lipinski definition) is 3. The summed E-state index contributed by atoms with van der Waals surface area (Å²) in [5, 5.41) is 4.31. The number of H-pyrrole nitrogens is 1. The molecule has 0 bridgehead atoms. The zero-order chi connectivity index (χ0) is 30.3. The Hall–Kier alpha value is -3.01. The number of fused-ring (bicyclic) bond motifs is 1. The smallest absolute Gasteiger partial charge is 0.376 e. The second-order valence-corrected chi connectivity index (χ2v) is 10.4. The molecule has 0 aliphatic heterocycles. The van der Waals surface area contributed by atoms with Gasteiger partial charge in [0, 0.05) is 18.8 Å². The number of halogens is 8. The summed E-state index contributed by atoms with van der Waals surface area (Å²) in [5.74, 6) is -7.23. The van der Waals surface area contributed by atoms with Crippen LogP contribution in [0.1, 0.15) is 63.0 Å². The zero-order valence-electron chi connectivity index (χ0n) is 21.8. The van der Waals surface area contributed by atoms with Gasteiger partial charge in [-0.25, -0.2) is 13.8 Å². The lowest BCUT2D eigenvalue weighted by molar-refractivity contribution is -0.228. The zero-order valence-corrected chi connectivity index (χ0v) is 21.8. The molecule has 0 spiro atoms. The molecule has 1 aromatic heterocycles. The van der Waals surface area contributed by atoms with E-state index in [1.54, 1.807) is 5.32 Å². The number of aromatic amines is 1. The predicted molar refractivity (Wildman–Crippen MR) is 127 cm³/mol. The van der Waals surface area contributed by atoms with Crippen molar-refractivity contribution in [2.75, 3.05) is 6.61 Å². The van der Waals surface area contributed by atoms with Gasteiger partial charge in [-0.3, -0.25) is 9.59 Å². The van der Waals surface area contributed by atoms with Crippen molar-refractivity contribution in [3.05, 3.63) is 29.6 Å². The SMILES string of the molecule is C[C@@H](O[C@H](C)C(F)(F)F)[C@H](NC(=O)C(F)(F)F)c1nc2ccc([C@@H](COC3CC3)NC(=O)C[C@H]3CC3(F)F)cc2[nH]1. The van der Waals surface area contributed by atoms with Crippen LogP contribution in [0.2, 0.25) is 0 Å². The minimum absolute atomic E-state index is 0.00300. The van der Waals surface area contributed by atoms with Gasteiger partial charge in [-0.2, -0.15) is 26.3 Å². The third-order valence-corrected chi connectivity index (χ3v) is 6.86. The van der Waals surface area contributed by atoms with Gasteiger partial charge < -0.3 is 25.1 Å². The third-order valence-electron chi connectivity index (χ3n) is 6.86. The van der Waals surface area contributed by atoms with E-state index in [2.05, 4.69) is 15.3 Å². The van der Waals surface area contributed by atoms with Gasteiger partial charge in [-0.1, -0.05) is 6.07 Å². The van der Waals surface area contributed by atoms with Gasteiger partial charge in [0.1, 0.15) is 11.9 Å². The normalized spacial score (nSPS) is 21.7. The quantitative estimate of drug-likeness (QED) is 0.297. The molecule has 2 aliphatic rings. The largest absolute Gasteiger partial charge is 0.471 e. The summed E-state index contributed by atoms with van der Waals surface area (Å²) in [4.78, 5) is 31.0. The number of nitrogens with one attached hydrogen (secondary N) is 3. The van der Waals surface area contributed by atoms with Crippen molar-refractivity contribution < 1.29 is 54.2 Å². The molecule has 2 aliphatic carbocycles. The van der Waals surface area contributed by atoms with Crippen LogP contribution in [-0.2, 0) is 19.1 Å². The van der Waals surface area contributed by atoms with Crippen molar-refractivity contribution in [2.45, 2.75) is 88.2 Å². The minimum atomic E-state index is -5.33. The van der Waals surface area contributed by atoms with Crippen molar-refractivity contribution >= 4 is 22.8 Å². The minimum Gasteiger partial charge on any atom is -0.376 e. The number of nitrogens with zero attached hydrogens (tertiary/aromatic N) is 1. The summed E-state index contributed by atoms with van der Waals surface area (Å²) in [5.41, 5.74) is 0.867. The highest BCUT2D eigenvalue weighted by Crippen LogP contribution is 2.50. The first kappa shape index (κ1) is 30.9. The molecule has 8 nitrogen and oxygen atoms in total. The van der Waals surface area contributed by atoms with Gasteiger partial charge in [0.2, 0.25) is 5.91 Å². The van der Waals surface area contributed by atoms with E-state index in [4.69, 9.17) is 9.47 Å². The molecule has 16 heteroatoms. The molecule has 41 heavy (non-hydrogen) atoms. The number of hydrogen-bond acceptors (Lipinski definition) is 5. The second kappa shape index (κ2) is 11.3. The van der Waals surface area contributed by atoms with Gasteiger partial charge >= 0.3 is 18.3 Å². The summed E-state index contributed by atoms with van der Waals surface area (Å²) in [6, 6.07) is 1.96. The van der Waals surface area contributed by atoms with Gasteiger partial charge in [-0.15, -0.1) is 0 Å². The molecular formula is C25H28F8N4O4. The van der Waals surface area contributed by atoms with Crippen LogP contribution in [-0.4, -0.2) is 65.0 Å². The molecule has 0 unspecified atom stereocenters. The molecule has 1 heterocycles. The van der Waals surface area contributed by atoms with Crippen molar-refractivity contribution in [3.8, 4) is 0 Å². The number of imidazole rings is 1. The highest BCUT2D eigenvalue weighted by molar-refractivity contribution is 5.82. The highest BCUT2D eigenvalue weighted by atomic mass is 19.4. The first-order valence-electron chi connectivity index (χ1n) is 12.8. The van der Waals surface area contributed by atoms with Gasteiger partial charge in [0.05, 0.1) is 35.9 Å². The standard InChI is InChI=1S/C25H28F8N4O4/c1-11(41-12(2)24(28,29)30)20(37-22(39)25(31,32)33)21-35-16-6-3-13(7-17(16)36-21)18(10-40-15-4-5-15)34-19(38)8-14-9-23(14,26)27/h3,6-7,11-12,14-15,18,20H,4-5,8-10H2,1-2H3,(H,34,38)(H,35,36)(H,37,39)/t11-,12-,14+,18-,20+/m1/s1. The van der Waals surface area contributed by atoms with Crippen molar-refractivity contribution in [3.63, 3.8) is 0 Å². The van der Waals surface area contributed by atoms with Crippen LogP contribution in [0.5, 0.6) is 0 Å². The van der Waals surface area contributed by atoms with Crippen LogP contribution in [0.25, 0.3) is 11.0 Å². The van der Waals surface area contributed by atoms with Crippen LogP contribution >= 0.6 is 0 Å². The topological polar surface area (TPSA) is 105 Å². The summed E-state index contributed by atoms with van der Waals surface area (Å²) in [6.07, 6.45) is -13.2. The van der Waals surface area contributed by atoms with Crippen molar-refractivity contribution in [1.82, 2.24) is 20.6 Å². The Bertz CT molecular complexity index is 1260. The van der Waals surface area contributed by atoms with Crippen LogP contribution in [0.3, 0.4) is 0 Å². The highest BCUT2D eigenvalue weighted by Gasteiger charge is 2.57. The van der Waals surface area contributed by atoms with Crippen molar-refractivity contribution in [2.24, 2.45) is 5.92 Å². The molecular weight excluding hydrogens is 572 g/mol. The number of aromatic nitrogens is 2. The van der Waals surface area contributed by atoms with Gasteiger partial charge in [0.15, 0.2) is 6.10 Å². The number of carbonyl (C=O) groups excluding carboxylic acids is 2. The van der Waals surface area contributed by atoms with E-state index in [0.717, 1.165) is 19.8 Å². The molecule has 0 radical (unpaired) electrons. The summed E-state index contributed by atoms with van der Waals surface area (Å²) in [6.45, 7) is 1.76. The number of benzene rings is 1. The molecule has 2 amide bonds. The maximum Gasteiger partial charge on any atom is 0.471 e. The molecule has 3 N–H and O–H groups in total. The Morgan fingerprint density at radius 1 is 1.12 bits per heavy atom. The first-order chi connectivity index (χ1) is 18.9. The maximum absolute atomic E-state index is 13.3. The molecule has 5 atom stereocenters.